The molecular weight excluding hydrogens is 526 g/mol. The number of rotatable bonds is 11. The maximum absolute atomic E-state index is 12.9. The molecule has 3 N–H and O–H groups in total. The van der Waals surface area contributed by atoms with Crippen molar-refractivity contribution in [2.75, 3.05) is 13.1 Å². The van der Waals surface area contributed by atoms with E-state index in [2.05, 4.69) is 21.9 Å². The summed E-state index contributed by atoms with van der Waals surface area (Å²) in [5.41, 5.74) is 5.56. The molecule has 0 fully saturated rings. The first-order chi connectivity index (χ1) is 19.3. The van der Waals surface area contributed by atoms with Crippen LogP contribution >= 0.6 is 0 Å². The Balaban J connectivity index is 0.00000216. The first kappa shape index (κ1) is 30.6. The van der Waals surface area contributed by atoms with Crippen molar-refractivity contribution in [3.63, 3.8) is 0 Å². The van der Waals surface area contributed by atoms with Crippen LogP contribution in [0, 0.1) is 0 Å². The Morgan fingerprint density at radius 1 is 0.925 bits per heavy atom. The van der Waals surface area contributed by atoms with Crippen molar-refractivity contribution in [1.29, 1.82) is 0 Å². The summed E-state index contributed by atoms with van der Waals surface area (Å²) in [5, 5.41) is 5.24. The van der Waals surface area contributed by atoms with Crippen molar-refractivity contribution >= 4 is 22.0 Å². The van der Waals surface area contributed by atoms with Gasteiger partial charge in [0.1, 0.15) is 12.6 Å². The fraction of sp³-hybridized carbons (Fsp3) is 0.290. The van der Waals surface area contributed by atoms with Gasteiger partial charge in [0.05, 0.1) is 4.90 Å². The smallest absolute Gasteiger partial charge is 0.408 e. The molecule has 0 heterocycles. The van der Waals surface area contributed by atoms with Gasteiger partial charge in [0, 0.05) is 13.1 Å². The second-order valence-electron chi connectivity index (χ2n) is 9.11. The van der Waals surface area contributed by atoms with E-state index in [1.54, 1.807) is 19.1 Å². The molecule has 0 unspecified atom stereocenters. The van der Waals surface area contributed by atoms with Crippen molar-refractivity contribution in [2.24, 2.45) is 0 Å². The van der Waals surface area contributed by atoms with Gasteiger partial charge in [-0.15, -0.1) is 0 Å². The Morgan fingerprint density at radius 2 is 1.60 bits per heavy atom. The third kappa shape index (κ3) is 8.03. The highest BCUT2D eigenvalue weighted by Crippen LogP contribution is 2.37. The third-order valence-electron chi connectivity index (χ3n) is 6.33. The van der Waals surface area contributed by atoms with Crippen LogP contribution in [0.2, 0.25) is 0 Å². The second-order valence-corrected chi connectivity index (χ2v) is 10.9. The maximum Gasteiger partial charge on any atom is 0.408 e. The first-order valence-electron chi connectivity index (χ1n) is 13.4. The molecule has 8 nitrogen and oxygen atoms in total. The Morgan fingerprint density at radius 3 is 2.33 bits per heavy atom. The van der Waals surface area contributed by atoms with E-state index in [1.807, 2.05) is 74.5 Å². The minimum absolute atomic E-state index is 0.0420. The summed E-state index contributed by atoms with van der Waals surface area (Å²) in [6.45, 7) is 9.74. The summed E-state index contributed by atoms with van der Waals surface area (Å²) in [7, 11) is -3.78. The fourth-order valence-corrected chi connectivity index (χ4v) is 5.29. The summed E-state index contributed by atoms with van der Waals surface area (Å²) in [6, 6.07) is 21.5. The number of benzene rings is 3. The summed E-state index contributed by atoms with van der Waals surface area (Å²) in [4.78, 5) is 24.8. The molecular formula is C31H37N3O5S. The number of carbonyl (C=O) groups is 2. The van der Waals surface area contributed by atoms with E-state index >= 15 is 0 Å². The molecule has 3 aromatic carbocycles. The van der Waals surface area contributed by atoms with Gasteiger partial charge in [-0.25, -0.2) is 17.9 Å². The topological polar surface area (TPSA) is 114 Å². The Bertz CT molecular complexity index is 1440. The Hall–Kier alpha value is -3.95. The summed E-state index contributed by atoms with van der Waals surface area (Å²) in [5.74, 6) is -0.412. The minimum atomic E-state index is -3.78. The molecule has 2 amide bonds. The maximum atomic E-state index is 12.9. The van der Waals surface area contributed by atoms with Gasteiger partial charge in [-0.3, -0.25) is 4.79 Å². The van der Waals surface area contributed by atoms with Gasteiger partial charge in [-0.2, -0.15) is 0 Å². The zero-order valence-corrected chi connectivity index (χ0v) is 24.0. The average Bonchev–Trinajstić information content (AvgIpc) is 3.36. The van der Waals surface area contributed by atoms with Gasteiger partial charge in [0.25, 0.3) is 0 Å². The van der Waals surface area contributed by atoms with Crippen molar-refractivity contribution < 1.29 is 22.7 Å². The van der Waals surface area contributed by atoms with Crippen LogP contribution in [0.1, 0.15) is 43.9 Å². The number of alkyl carbamates (subject to hydrolysis) is 1. The predicted molar refractivity (Wildman–Crippen MR) is 157 cm³/mol. The number of nitrogens with one attached hydrogen (secondary N) is 3. The normalized spacial score (nSPS) is 12.2. The summed E-state index contributed by atoms with van der Waals surface area (Å²) in [6.07, 6.45) is 0.445. The highest BCUT2D eigenvalue weighted by atomic mass is 32.2. The van der Waals surface area contributed by atoms with E-state index in [4.69, 9.17) is 4.74 Å². The molecule has 3 aromatic rings. The van der Waals surface area contributed by atoms with Crippen LogP contribution in [0.4, 0.5) is 4.79 Å². The van der Waals surface area contributed by atoms with E-state index < -0.39 is 28.1 Å². The van der Waals surface area contributed by atoms with E-state index in [1.165, 1.54) is 5.56 Å². The van der Waals surface area contributed by atoms with Crippen LogP contribution in [-0.4, -0.2) is 39.5 Å². The van der Waals surface area contributed by atoms with E-state index in [9.17, 15) is 18.0 Å². The largest absolute Gasteiger partial charge is 0.445 e. The number of carbonyl (C=O) groups excluding carboxylic acids is 2. The van der Waals surface area contributed by atoms with Crippen molar-refractivity contribution in [3.8, 4) is 11.1 Å². The molecule has 1 atom stereocenters. The SMILES string of the molecule is C=C(CNC(=O)[C@H](CC)NC(=O)OCc1ccccc1)CNS(=O)(=O)c1ccc2c(c1)-c1ccccc1C2.CC. The number of fused-ring (bicyclic) bond motifs is 3. The van der Waals surface area contributed by atoms with Gasteiger partial charge in [0.2, 0.25) is 15.9 Å². The van der Waals surface area contributed by atoms with Crippen molar-refractivity contribution in [3.05, 3.63) is 102 Å². The molecule has 0 saturated heterocycles. The Labute approximate surface area is 236 Å². The summed E-state index contributed by atoms with van der Waals surface area (Å²) >= 11 is 0. The van der Waals surface area contributed by atoms with Crippen LogP contribution in [-0.2, 0) is 32.6 Å². The van der Waals surface area contributed by atoms with Crippen LogP contribution in [0.15, 0.2) is 89.8 Å². The zero-order chi connectivity index (χ0) is 29.1. The second kappa shape index (κ2) is 14.4. The number of ether oxygens (including phenoxy) is 1. The molecule has 40 heavy (non-hydrogen) atoms. The highest BCUT2D eigenvalue weighted by Gasteiger charge is 2.23. The number of amides is 2. The average molecular weight is 564 g/mol. The molecule has 0 aromatic heterocycles. The van der Waals surface area contributed by atoms with Gasteiger partial charge < -0.3 is 15.4 Å². The van der Waals surface area contributed by atoms with E-state index in [0.717, 1.165) is 28.7 Å². The highest BCUT2D eigenvalue weighted by molar-refractivity contribution is 7.89. The molecule has 0 radical (unpaired) electrons. The van der Waals surface area contributed by atoms with Crippen LogP contribution < -0.4 is 15.4 Å². The molecule has 4 rings (SSSR count). The standard InChI is InChI=1S/C29H31N3O5S.C2H6/c1-3-27(32-29(34)37-19-21-9-5-4-6-10-21)28(33)30-17-20(2)18-31-38(35,36)24-14-13-23-15-22-11-7-8-12-25(22)26(23)16-24;1-2/h4-14,16,27,31H,2-3,15,17-19H2,1H3,(H,30,33)(H,32,34);1-2H3/t27-;/m0./s1. The zero-order valence-electron chi connectivity index (χ0n) is 23.2. The van der Waals surface area contributed by atoms with Gasteiger partial charge >= 0.3 is 6.09 Å². The molecule has 1 aliphatic rings. The van der Waals surface area contributed by atoms with Gasteiger partial charge in [-0.1, -0.05) is 88.0 Å². The lowest BCUT2D eigenvalue weighted by molar-refractivity contribution is -0.123. The number of hydrogen-bond donors (Lipinski definition) is 3. The lowest BCUT2D eigenvalue weighted by atomic mass is 10.1. The lowest BCUT2D eigenvalue weighted by Crippen LogP contribution is -2.47. The molecule has 0 bridgehead atoms. The Kier molecular flexibility index (Phi) is 11.0. The van der Waals surface area contributed by atoms with Crippen LogP contribution in [0.5, 0.6) is 0 Å². The first-order valence-corrected chi connectivity index (χ1v) is 14.9. The lowest BCUT2D eigenvalue weighted by Gasteiger charge is -2.17. The van der Waals surface area contributed by atoms with Crippen molar-refractivity contribution in [1.82, 2.24) is 15.4 Å². The molecule has 1 aliphatic carbocycles. The van der Waals surface area contributed by atoms with E-state index in [0.29, 0.717) is 12.0 Å². The molecule has 9 heteroatoms. The molecule has 0 aliphatic heterocycles. The fourth-order valence-electron chi connectivity index (χ4n) is 4.21. The predicted octanol–water partition coefficient (Wildman–Crippen LogP) is 4.94. The van der Waals surface area contributed by atoms with Crippen molar-refractivity contribution in [2.45, 2.75) is 51.2 Å². The monoisotopic (exact) mass is 563 g/mol. The number of sulfonamides is 1. The molecule has 0 spiro atoms. The van der Waals surface area contributed by atoms with Crippen LogP contribution in [0.25, 0.3) is 11.1 Å². The quantitative estimate of drug-likeness (QED) is 0.224. The van der Waals surface area contributed by atoms with E-state index in [-0.39, 0.29) is 24.6 Å². The summed E-state index contributed by atoms with van der Waals surface area (Å²) < 4.78 is 33.6. The minimum Gasteiger partial charge on any atom is -0.445 e. The number of hydrogen-bond acceptors (Lipinski definition) is 5. The molecule has 212 valence electrons. The van der Waals surface area contributed by atoms with Gasteiger partial charge in [0.15, 0.2) is 0 Å². The third-order valence-corrected chi connectivity index (χ3v) is 7.73. The van der Waals surface area contributed by atoms with Crippen LogP contribution in [0.3, 0.4) is 0 Å². The van der Waals surface area contributed by atoms with Gasteiger partial charge in [-0.05, 0) is 58.4 Å². The molecule has 0 saturated carbocycles.